The van der Waals surface area contributed by atoms with E-state index in [1.807, 2.05) is 35.0 Å². The maximum Gasteiger partial charge on any atom is 0.289 e. The van der Waals surface area contributed by atoms with Gasteiger partial charge in [-0.05, 0) is 24.8 Å². The van der Waals surface area contributed by atoms with Crippen LogP contribution in [0.4, 0.5) is 4.79 Å². The molecule has 0 spiro atoms. The molecule has 0 aliphatic carbocycles. The molecule has 1 aliphatic heterocycles. The van der Waals surface area contributed by atoms with Crippen molar-refractivity contribution in [2.45, 2.75) is 18.7 Å². The smallest absolute Gasteiger partial charge is 0.289 e. The molecule has 0 saturated carbocycles. The number of imide groups is 1. The van der Waals surface area contributed by atoms with Crippen LogP contribution in [-0.4, -0.2) is 27.7 Å². The lowest BCUT2D eigenvalue weighted by Crippen LogP contribution is -2.24. The summed E-state index contributed by atoms with van der Waals surface area (Å²) in [7, 11) is 1.53. The number of thioether (sulfide) groups is 1. The van der Waals surface area contributed by atoms with Crippen molar-refractivity contribution in [1.29, 1.82) is 0 Å². The summed E-state index contributed by atoms with van der Waals surface area (Å²) < 4.78 is 2.03. The molecule has 3 rings (SSSR count). The number of rotatable bonds is 2. The van der Waals surface area contributed by atoms with Crippen molar-refractivity contribution in [3.05, 3.63) is 36.0 Å². The van der Waals surface area contributed by atoms with E-state index in [1.54, 1.807) is 6.92 Å². The standard InChI is InChI=1S/C16H14N2O2S/c1-3-4-9-18-10-12(11-7-5-6-8-13(11)18)14-15(19)17(2)16(20)21-14/h5-8,10,14H,9H2,1-2H3. The van der Waals surface area contributed by atoms with Gasteiger partial charge in [-0.1, -0.05) is 24.1 Å². The Labute approximate surface area is 127 Å². The number of carbonyl (C=O) groups excluding carboxylic acids is 2. The lowest BCUT2D eigenvalue weighted by atomic mass is 10.1. The van der Waals surface area contributed by atoms with Crippen LogP contribution in [0.2, 0.25) is 0 Å². The third-order valence-electron chi connectivity index (χ3n) is 3.58. The van der Waals surface area contributed by atoms with Gasteiger partial charge in [-0.2, -0.15) is 0 Å². The third-order valence-corrected chi connectivity index (χ3v) is 4.74. The van der Waals surface area contributed by atoms with Crippen molar-refractivity contribution >= 4 is 33.8 Å². The van der Waals surface area contributed by atoms with Crippen molar-refractivity contribution in [1.82, 2.24) is 9.47 Å². The van der Waals surface area contributed by atoms with Crippen LogP contribution in [0, 0.1) is 11.8 Å². The molecular formula is C16H14N2O2S. The first-order chi connectivity index (χ1) is 10.1. The number of hydrogen-bond acceptors (Lipinski definition) is 3. The van der Waals surface area contributed by atoms with E-state index in [-0.39, 0.29) is 11.1 Å². The number of likely N-dealkylation sites (N-methyl/N-ethyl adjacent to an activating group) is 1. The Morgan fingerprint density at radius 2 is 2.05 bits per heavy atom. The van der Waals surface area contributed by atoms with Gasteiger partial charge in [0, 0.05) is 29.7 Å². The van der Waals surface area contributed by atoms with Crippen LogP contribution in [0.15, 0.2) is 30.5 Å². The summed E-state index contributed by atoms with van der Waals surface area (Å²) in [5.74, 6) is 5.75. The second kappa shape index (κ2) is 5.30. The molecule has 1 atom stereocenters. The fourth-order valence-electron chi connectivity index (χ4n) is 2.47. The molecular weight excluding hydrogens is 284 g/mol. The quantitative estimate of drug-likeness (QED) is 0.800. The number of hydrogen-bond donors (Lipinski definition) is 0. The van der Waals surface area contributed by atoms with E-state index in [0.29, 0.717) is 6.54 Å². The molecule has 2 amide bonds. The summed E-state index contributed by atoms with van der Waals surface area (Å²) >= 11 is 1.07. The summed E-state index contributed by atoms with van der Waals surface area (Å²) in [6.45, 7) is 2.38. The topological polar surface area (TPSA) is 42.3 Å². The highest BCUT2D eigenvalue weighted by Gasteiger charge is 2.39. The van der Waals surface area contributed by atoms with Crippen LogP contribution in [0.5, 0.6) is 0 Å². The molecule has 1 aliphatic rings. The predicted molar refractivity (Wildman–Crippen MR) is 83.9 cm³/mol. The van der Waals surface area contributed by atoms with Gasteiger partial charge in [0.05, 0.1) is 6.54 Å². The van der Waals surface area contributed by atoms with E-state index in [0.717, 1.165) is 28.2 Å². The summed E-state index contributed by atoms with van der Waals surface area (Å²) in [6.07, 6.45) is 1.94. The van der Waals surface area contributed by atoms with Crippen LogP contribution in [0.25, 0.3) is 10.9 Å². The van der Waals surface area contributed by atoms with Gasteiger partial charge in [0.1, 0.15) is 5.25 Å². The molecule has 1 fully saturated rings. The monoisotopic (exact) mass is 298 g/mol. The van der Waals surface area contributed by atoms with Gasteiger partial charge in [-0.15, -0.1) is 5.92 Å². The molecule has 21 heavy (non-hydrogen) atoms. The number of carbonyl (C=O) groups is 2. The molecule has 0 N–H and O–H groups in total. The number of nitrogens with zero attached hydrogens (tertiary/aromatic N) is 2. The molecule has 1 aromatic carbocycles. The van der Waals surface area contributed by atoms with Crippen LogP contribution in [-0.2, 0) is 11.3 Å². The lowest BCUT2D eigenvalue weighted by molar-refractivity contribution is -0.125. The molecule has 106 valence electrons. The van der Waals surface area contributed by atoms with E-state index in [4.69, 9.17) is 0 Å². The molecule has 1 unspecified atom stereocenters. The second-order valence-corrected chi connectivity index (χ2v) is 5.87. The van der Waals surface area contributed by atoms with Crippen molar-refractivity contribution in [2.75, 3.05) is 7.05 Å². The van der Waals surface area contributed by atoms with Gasteiger partial charge < -0.3 is 4.57 Å². The molecule has 5 heteroatoms. The number of benzene rings is 1. The Morgan fingerprint density at radius 3 is 2.71 bits per heavy atom. The van der Waals surface area contributed by atoms with Crippen molar-refractivity contribution < 1.29 is 9.59 Å². The zero-order valence-corrected chi connectivity index (χ0v) is 12.6. The molecule has 2 heterocycles. The second-order valence-electron chi connectivity index (χ2n) is 4.82. The van der Waals surface area contributed by atoms with Gasteiger partial charge in [0.15, 0.2) is 0 Å². The molecule has 4 nitrogen and oxygen atoms in total. The van der Waals surface area contributed by atoms with Gasteiger partial charge in [0.25, 0.3) is 5.24 Å². The highest BCUT2D eigenvalue weighted by atomic mass is 32.2. The zero-order valence-electron chi connectivity index (χ0n) is 11.8. The van der Waals surface area contributed by atoms with Gasteiger partial charge >= 0.3 is 0 Å². The first kappa shape index (κ1) is 13.8. The number of amides is 2. The average molecular weight is 298 g/mol. The number of para-hydroxylation sites is 1. The number of aromatic nitrogens is 1. The third kappa shape index (κ3) is 2.22. The van der Waals surface area contributed by atoms with Gasteiger partial charge in [-0.3, -0.25) is 14.5 Å². The van der Waals surface area contributed by atoms with E-state index < -0.39 is 5.25 Å². The minimum atomic E-state index is -0.455. The van der Waals surface area contributed by atoms with Gasteiger partial charge in [-0.25, -0.2) is 0 Å². The lowest BCUT2D eigenvalue weighted by Gasteiger charge is -2.06. The van der Waals surface area contributed by atoms with Crippen molar-refractivity contribution in [3.8, 4) is 11.8 Å². The molecule has 0 radical (unpaired) electrons. The van der Waals surface area contributed by atoms with E-state index in [9.17, 15) is 9.59 Å². The van der Waals surface area contributed by atoms with Crippen LogP contribution < -0.4 is 0 Å². The summed E-state index contributed by atoms with van der Waals surface area (Å²) in [4.78, 5) is 25.1. The highest BCUT2D eigenvalue weighted by Crippen LogP contribution is 2.41. The Kier molecular flexibility index (Phi) is 3.48. The predicted octanol–water partition coefficient (Wildman–Crippen LogP) is 3.03. The van der Waals surface area contributed by atoms with Crippen LogP contribution in [0.1, 0.15) is 17.7 Å². The fourth-order valence-corrected chi connectivity index (χ4v) is 3.50. The minimum Gasteiger partial charge on any atom is -0.335 e. The van der Waals surface area contributed by atoms with Crippen LogP contribution >= 0.6 is 11.8 Å². The number of fused-ring (bicyclic) bond motifs is 1. The van der Waals surface area contributed by atoms with Crippen molar-refractivity contribution in [2.24, 2.45) is 0 Å². The zero-order chi connectivity index (χ0) is 15.0. The Hall–Kier alpha value is -2.19. The molecule has 0 bridgehead atoms. The fraction of sp³-hybridized carbons (Fsp3) is 0.250. The van der Waals surface area contributed by atoms with E-state index >= 15 is 0 Å². The van der Waals surface area contributed by atoms with Gasteiger partial charge in [0.2, 0.25) is 5.91 Å². The highest BCUT2D eigenvalue weighted by molar-refractivity contribution is 8.15. The first-order valence-corrected chi connectivity index (χ1v) is 7.47. The maximum atomic E-state index is 12.2. The summed E-state index contributed by atoms with van der Waals surface area (Å²) in [6, 6.07) is 7.89. The first-order valence-electron chi connectivity index (χ1n) is 6.59. The normalized spacial score (nSPS) is 18.2. The summed E-state index contributed by atoms with van der Waals surface area (Å²) in [5.41, 5.74) is 1.92. The largest absolute Gasteiger partial charge is 0.335 e. The molecule has 1 saturated heterocycles. The molecule has 2 aromatic rings. The minimum absolute atomic E-state index is 0.158. The van der Waals surface area contributed by atoms with E-state index in [1.165, 1.54) is 11.9 Å². The average Bonchev–Trinajstić information content (AvgIpc) is 2.98. The maximum absolute atomic E-state index is 12.2. The van der Waals surface area contributed by atoms with Crippen molar-refractivity contribution in [3.63, 3.8) is 0 Å². The SMILES string of the molecule is CC#CCn1cc(C2SC(=O)N(C)C2=O)c2ccccc21. The summed E-state index contributed by atoms with van der Waals surface area (Å²) in [5, 5.41) is 0.350. The molecule has 1 aromatic heterocycles. The van der Waals surface area contributed by atoms with E-state index in [2.05, 4.69) is 11.8 Å². The Balaban J connectivity index is 2.12. The Morgan fingerprint density at radius 1 is 1.29 bits per heavy atom. The van der Waals surface area contributed by atoms with Crippen LogP contribution in [0.3, 0.4) is 0 Å². The Bertz CT molecular complexity index is 797.